The monoisotopic (exact) mass is 171 g/mol. The number of carbonyl (C=O) groups excluding carboxylic acids is 1. The lowest BCUT2D eigenvalue weighted by Crippen LogP contribution is -2.41. The Kier molecular flexibility index (Phi) is 1.74. The number of likely N-dealkylation sites (N-methyl/N-ethyl adjacent to an activating group) is 2. The molecular formula is C7H13N3O2. The highest BCUT2D eigenvalue weighted by Crippen LogP contribution is 2.25. The Morgan fingerprint density at radius 2 is 1.92 bits per heavy atom. The molecule has 12 heavy (non-hydrogen) atoms. The molecule has 1 saturated heterocycles. The van der Waals surface area contributed by atoms with Crippen LogP contribution in [0.2, 0.25) is 0 Å². The maximum Gasteiger partial charge on any atom is 0.325 e. The molecule has 0 saturated carbocycles. The van der Waals surface area contributed by atoms with Crippen molar-refractivity contribution in [3.63, 3.8) is 0 Å². The summed E-state index contributed by atoms with van der Waals surface area (Å²) in [6.07, 6.45) is 0. The second kappa shape index (κ2) is 2.36. The summed E-state index contributed by atoms with van der Waals surface area (Å²) < 4.78 is 0. The lowest BCUT2D eigenvalue weighted by molar-refractivity contribution is 0.191. The number of carbonyl (C=O) groups is 1. The van der Waals surface area contributed by atoms with Crippen LogP contribution in [-0.2, 0) is 0 Å². The van der Waals surface area contributed by atoms with E-state index < -0.39 is 5.54 Å². The van der Waals surface area contributed by atoms with Gasteiger partial charge in [-0.15, -0.1) is 0 Å². The summed E-state index contributed by atoms with van der Waals surface area (Å²) in [7, 11) is 3.26. The van der Waals surface area contributed by atoms with E-state index in [0.29, 0.717) is 5.84 Å². The number of urea groups is 1. The van der Waals surface area contributed by atoms with Gasteiger partial charge in [0.05, 0.1) is 0 Å². The van der Waals surface area contributed by atoms with Crippen molar-refractivity contribution in [1.29, 1.82) is 0 Å². The molecule has 1 aliphatic rings. The van der Waals surface area contributed by atoms with E-state index in [-0.39, 0.29) is 6.03 Å². The van der Waals surface area contributed by atoms with Crippen LogP contribution in [-0.4, -0.2) is 46.5 Å². The average Bonchev–Trinajstić information content (AvgIpc) is 2.13. The summed E-state index contributed by atoms with van der Waals surface area (Å²) in [5, 5.41) is 11.8. The average molecular weight is 171 g/mol. The summed E-state index contributed by atoms with van der Waals surface area (Å²) >= 11 is 0. The lowest BCUT2D eigenvalue weighted by atomic mass is 10.0. The van der Waals surface area contributed by atoms with Gasteiger partial charge in [0.2, 0.25) is 0 Å². The van der Waals surface area contributed by atoms with Gasteiger partial charge in [-0.1, -0.05) is 5.16 Å². The highest BCUT2D eigenvalue weighted by molar-refractivity contribution is 6.08. The van der Waals surface area contributed by atoms with Gasteiger partial charge in [0.25, 0.3) is 0 Å². The maximum absolute atomic E-state index is 11.3. The van der Waals surface area contributed by atoms with Crippen molar-refractivity contribution in [2.24, 2.45) is 5.16 Å². The van der Waals surface area contributed by atoms with Gasteiger partial charge >= 0.3 is 6.03 Å². The molecule has 0 unspecified atom stereocenters. The number of rotatable bonds is 0. The number of amides is 2. The Morgan fingerprint density at radius 3 is 2.08 bits per heavy atom. The minimum absolute atomic E-state index is 0.159. The number of amidine groups is 1. The highest BCUT2D eigenvalue weighted by atomic mass is 16.4. The Labute approximate surface area is 71.2 Å². The number of oxime groups is 1. The van der Waals surface area contributed by atoms with Gasteiger partial charge < -0.3 is 10.1 Å². The molecule has 0 bridgehead atoms. The van der Waals surface area contributed by atoms with Crippen LogP contribution >= 0.6 is 0 Å². The molecule has 5 heteroatoms. The summed E-state index contributed by atoms with van der Waals surface area (Å²) in [6, 6.07) is -0.159. The molecule has 0 aromatic carbocycles. The van der Waals surface area contributed by atoms with Crippen LogP contribution in [0.5, 0.6) is 0 Å². The fourth-order valence-electron chi connectivity index (χ4n) is 1.30. The second-order valence-electron chi connectivity index (χ2n) is 3.38. The molecule has 1 heterocycles. The second-order valence-corrected chi connectivity index (χ2v) is 3.38. The molecule has 5 nitrogen and oxygen atoms in total. The standard InChI is InChI=1S/C7H13N3O2/c1-7(2)5(8-12)9(3)6(11)10(7)4/h12H,1-4H3. The van der Waals surface area contributed by atoms with Crippen molar-refractivity contribution in [3.05, 3.63) is 0 Å². The molecule has 0 radical (unpaired) electrons. The Bertz CT molecular complexity index is 247. The lowest BCUT2D eigenvalue weighted by Gasteiger charge is -2.24. The molecular weight excluding hydrogens is 158 g/mol. The Balaban J connectivity index is 3.14. The van der Waals surface area contributed by atoms with Crippen LogP contribution in [0, 0.1) is 0 Å². The normalized spacial score (nSPS) is 25.7. The molecule has 0 aromatic heterocycles. The largest absolute Gasteiger partial charge is 0.409 e. The third-order valence-corrected chi connectivity index (χ3v) is 2.37. The SMILES string of the molecule is CN1C(=O)N(C)C(C)(C)C1=NO. The highest BCUT2D eigenvalue weighted by Gasteiger charge is 2.45. The van der Waals surface area contributed by atoms with Crippen molar-refractivity contribution in [3.8, 4) is 0 Å². The fourth-order valence-corrected chi connectivity index (χ4v) is 1.30. The zero-order valence-corrected chi connectivity index (χ0v) is 7.70. The number of hydrogen-bond donors (Lipinski definition) is 1. The van der Waals surface area contributed by atoms with E-state index in [1.54, 1.807) is 14.1 Å². The third kappa shape index (κ3) is 0.855. The smallest absolute Gasteiger partial charge is 0.325 e. The van der Waals surface area contributed by atoms with Gasteiger partial charge in [0.15, 0.2) is 5.84 Å². The molecule has 0 aliphatic carbocycles. The molecule has 68 valence electrons. The zero-order chi connectivity index (χ0) is 9.52. The molecule has 2 amide bonds. The van der Waals surface area contributed by atoms with E-state index in [9.17, 15) is 4.79 Å². The topological polar surface area (TPSA) is 56.1 Å². The minimum Gasteiger partial charge on any atom is -0.409 e. The fraction of sp³-hybridized carbons (Fsp3) is 0.714. The first-order valence-electron chi connectivity index (χ1n) is 3.67. The van der Waals surface area contributed by atoms with Crippen LogP contribution in [0.15, 0.2) is 5.16 Å². The van der Waals surface area contributed by atoms with Crippen LogP contribution < -0.4 is 0 Å². The van der Waals surface area contributed by atoms with E-state index in [2.05, 4.69) is 5.16 Å². The number of hydrogen-bond acceptors (Lipinski definition) is 3. The summed E-state index contributed by atoms with van der Waals surface area (Å²) in [5.74, 6) is 0.370. The predicted molar refractivity (Wildman–Crippen MR) is 44.2 cm³/mol. The first kappa shape index (κ1) is 8.83. The predicted octanol–water partition coefficient (Wildman–Crippen LogP) is 0.550. The molecule has 0 spiro atoms. The van der Waals surface area contributed by atoms with Crippen molar-refractivity contribution in [1.82, 2.24) is 9.80 Å². The molecule has 1 fully saturated rings. The van der Waals surface area contributed by atoms with Crippen molar-refractivity contribution in [2.45, 2.75) is 19.4 Å². The summed E-state index contributed by atoms with van der Waals surface area (Å²) in [5.41, 5.74) is -0.527. The first-order valence-corrected chi connectivity index (χ1v) is 3.67. The zero-order valence-electron chi connectivity index (χ0n) is 7.70. The number of nitrogens with zero attached hydrogens (tertiary/aromatic N) is 3. The maximum atomic E-state index is 11.3. The summed E-state index contributed by atoms with van der Waals surface area (Å²) in [6.45, 7) is 3.65. The Hall–Kier alpha value is -1.26. The van der Waals surface area contributed by atoms with Gasteiger partial charge in [-0.3, -0.25) is 4.90 Å². The molecule has 1 aliphatic heterocycles. The van der Waals surface area contributed by atoms with Crippen molar-refractivity contribution >= 4 is 11.9 Å². The van der Waals surface area contributed by atoms with E-state index in [0.717, 1.165) is 0 Å². The molecule has 0 aromatic rings. The van der Waals surface area contributed by atoms with E-state index in [1.165, 1.54) is 9.80 Å². The van der Waals surface area contributed by atoms with Gasteiger partial charge in [-0.25, -0.2) is 4.79 Å². The molecule has 1 rings (SSSR count). The quantitative estimate of drug-likeness (QED) is 0.427. The third-order valence-electron chi connectivity index (χ3n) is 2.37. The first-order chi connectivity index (χ1) is 5.42. The molecule has 0 atom stereocenters. The van der Waals surface area contributed by atoms with E-state index >= 15 is 0 Å². The Morgan fingerprint density at radius 1 is 1.42 bits per heavy atom. The van der Waals surface area contributed by atoms with Crippen LogP contribution in [0.3, 0.4) is 0 Å². The summed E-state index contributed by atoms with van der Waals surface area (Å²) in [4.78, 5) is 14.2. The van der Waals surface area contributed by atoms with Gasteiger partial charge in [-0.2, -0.15) is 0 Å². The van der Waals surface area contributed by atoms with Gasteiger partial charge in [0, 0.05) is 14.1 Å². The van der Waals surface area contributed by atoms with Crippen molar-refractivity contribution < 1.29 is 10.0 Å². The van der Waals surface area contributed by atoms with E-state index in [4.69, 9.17) is 5.21 Å². The molecule has 1 N–H and O–H groups in total. The van der Waals surface area contributed by atoms with Gasteiger partial charge in [0.1, 0.15) is 5.54 Å². The van der Waals surface area contributed by atoms with Gasteiger partial charge in [-0.05, 0) is 13.8 Å². The van der Waals surface area contributed by atoms with Crippen LogP contribution in [0.25, 0.3) is 0 Å². The van der Waals surface area contributed by atoms with E-state index in [1.807, 2.05) is 13.8 Å². The van der Waals surface area contributed by atoms with Crippen LogP contribution in [0.1, 0.15) is 13.8 Å². The van der Waals surface area contributed by atoms with Crippen molar-refractivity contribution in [2.75, 3.05) is 14.1 Å². The van der Waals surface area contributed by atoms with Crippen LogP contribution in [0.4, 0.5) is 4.79 Å². The minimum atomic E-state index is -0.527.